The Labute approximate surface area is 134 Å². The van der Waals surface area contributed by atoms with E-state index < -0.39 is 11.9 Å². The summed E-state index contributed by atoms with van der Waals surface area (Å²) in [5.41, 5.74) is 2.95. The third kappa shape index (κ3) is 2.71. The SMILES string of the molecule is Cc1cc2cc(C(=O)N3CCC[C@@H](C(=O)O)[C@H]3C)oc2cc1C. The van der Waals surface area contributed by atoms with Crippen LogP contribution >= 0.6 is 0 Å². The van der Waals surface area contributed by atoms with Crippen molar-refractivity contribution in [2.24, 2.45) is 5.92 Å². The molecule has 122 valence electrons. The highest BCUT2D eigenvalue weighted by Gasteiger charge is 2.36. The van der Waals surface area contributed by atoms with Crippen LogP contribution < -0.4 is 0 Å². The minimum Gasteiger partial charge on any atom is -0.481 e. The number of amides is 1. The number of piperidine rings is 1. The lowest BCUT2D eigenvalue weighted by atomic mass is 9.90. The van der Waals surface area contributed by atoms with Gasteiger partial charge in [0.05, 0.1) is 5.92 Å². The lowest BCUT2D eigenvalue weighted by Gasteiger charge is -2.36. The molecule has 2 atom stereocenters. The number of hydrogen-bond donors (Lipinski definition) is 1. The van der Waals surface area contributed by atoms with Crippen LogP contribution in [0, 0.1) is 19.8 Å². The van der Waals surface area contributed by atoms with Gasteiger partial charge in [-0.05, 0) is 62.9 Å². The molecular formula is C18H21NO4. The lowest BCUT2D eigenvalue weighted by molar-refractivity contribution is -0.145. The molecule has 1 saturated heterocycles. The maximum atomic E-state index is 12.8. The first kappa shape index (κ1) is 15.6. The second kappa shape index (κ2) is 5.72. The van der Waals surface area contributed by atoms with E-state index in [4.69, 9.17) is 4.42 Å². The highest BCUT2D eigenvalue weighted by molar-refractivity contribution is 5.96. The Bertz CT molecular complexity index is 738. The molecule has 1 N–H and O–H groups in total. The molecule has 1 fully saturated rings. The molecule has 1 amide bonds. The number of fused-ring (bicyclic) bond motifs is 1. The van der Waals surface area contributed by atoms with Gasteiger partial charge in [-0.15, -0.1) is 0 Å². The fraction of sp³-hybridized carbons (Fsp3) is 0.444. The molecule has 0 spiro atoms. The zero-order chi connectivity index (χ0) is 16.7. The van der Waals surface area contributed by atoms with Crippen molar-refractivity contribution in [1.82, 2.24) is 4.90 Å². The van der Waals surface area contributed by atoms with Crippen LogP contribution in [0.15, 0.2) is 22.6 Å². The fourth-order valence-electron chi connectivity index (χ4n) is 3.31. The predicted octanol–water partition coefficient (Wildman–Crippen LogP) is 3.37. The number of aryl methyl sites for hydroxylation is 2. The Morgan fingerprint density at radius 2 is 1.91 bits per heavy atom. The Balaban J connectivity index is 1.92. The summed E-state index contributed by atoms with van der Waals surface area (Å²) in [5, 5.41) is 10.2. The van der Waals surface area contributed by atoms with Crippen LogP contribution in [0.3, 0.4) is 0 Å². The van der Waals surface area contributed by atoms with Crippen molar-refractivity contribution in [2.75, 3.05) is 6.54 Å². The minimum absolute atomic E-state index is 0.227. The van der Waals surface area contributed by atoms with Gasteiger partial charge in [0.1, 0.15) is 5.58 Å². The molecule has 0 saturated carbocycles. The van der Waals surface area contributed by atoms with Crippen molar-refractivity contribution in [2.45, 2.75) is 39.7 Å². The normalized spacial score (nSPS) is 21.6. The summed E-state index contributed by atoms with van der Waals surface area (Å²) >= 11 is 0. The second-order valence-electron chi connectivity index (χ2n) is 6.41. The van der Waals surface area contributed by atoms with E-state index in [0.29, 0.717) is 25.0 Å². The van der Waals surface area contributed by atoms with Crippen LogP contribution in [-0.4, -0.2) is 34.5 Å². The molecule has 0 bridgehead atoms. The van der Waals surface area contributed by atoms with Crippen molar-refractivity contribution in [3.63, 3.8) is 0 Å². The molecule has 2 aromatic rings. The maximum Gasteiger partial charge on any atom is 0.308 e. The van der Waals surface area contributed by atoms with E-state index in [-0.39, 0.29) is 17.7 Å². The summed E-state index contributed by atoms with van der Waals surface area (Å²) < 4.78 is 5.72. The van der Waals surface area contributed by atoms with Crippen molar-refractivity contribution < 1.29 is 19.1 Å². The molecule has 0 radical (unpaired) electrons. The number of likely N-dealkylation sites (tertiary alicyclic amines) is 1. The topological polar surface area (TPSA) is 70.8 Å². The largest absolute Gasteiger partial charge is 0.481 e. The van der Waals surface area contributed by atoms with Gasteiger partial charge in [0.2, 0.25) is 0 Å². The predicted molar refractivity (Wildman–Crippen MR) is 86.5 cm³/mol. The van der Waals surface area contributed by atoms with Gasteiger partial charge >= 0.3 is 5.97 Å². The van der Waals surface area contributed by atoms with Gasteiger partial charge in [-0.25, -0.2) is 0 Å². The van der Waals surface area contributed by atoms with E-state index in [2.05, 4.69) is 0 Å². The van der Waals surface area contributed by atoms with Gasteiger partial charge < -0.3 is 14.4 Å². The average Bonchev–Trinajstić information content (AvgIpc) is 2.89. The van der Waals surface area contributed by atoms with Gasteiger partial charge in [-0.1, -0.05) is 0 Å². The molecule has 5 heteroatoms. The van der Waals surface area contributed by atoms with E-state index in [1.54, 1.807) is 17.9 Å². The number of hydrogen-bond acceptors (Lipinski definition) is 3. The minimum atomic E-state index is -0.842. The van der Waals surface area contributed by atoms with Gasteiger partial charge in [0.15, 0.2) is 5.76 Å². The molecule has 0 aliphatic carbocycles. The van der Waals surface area contributed by atoms with Crippen LogP contribution in [0.5, 0.6) is 0 Å². The molecule has 23 heavy (non-hydrogen) atoms. The summed E-state index contributed by atoms with van der Waals surface area (Å²) in [6, 6.07) is 5.36. The molecule has 1 aromatic carbocycles. The summed E-state index contributed by atoms with van der Waals surface area (Å²) in [6.45, 7) is 6.39. The number of carbonyl (C=O) groups excluding carboxylic acids is 1. The van der Waals surface area contributed by atoms with Crippen LogP contribution in [0.1, 0.15) is 41.4 Å². The number of rotatable bonds is 2. The van der Waals surface area contributed by atoms with Crippen LogP contribution in [0.4, 0.5) is 0 Å². The Morgan fingerprint density at radius 1 is 1.22 bits per heavy atom. The zero-order valence-corrected chi connectivity index (χ0v) is 13.6. The smallest absolute Gasteiger partial charge is 0.308 e. The van der Waals surface area contributed by atoms with Gasteiger partial charge in [-0.2, -0.15) is 0 Å². The van der Waals surface area contributed by atoms with Crippen molar-refractivity contribution in [3.8, 4) is 0 Å². The fourth-order valence-corrected chi connectivity index (χ4v) is 3.31. The molecule has 0 unspecified atom stereocenters. The molecule has 2 heterocycles. The highest BCUT2D eigenvalue weighted by Crippen LogP contribution is 2.28. The van der Waals surface area contributed by atoms with Gasteiger partial charge in [0.25, 0.3) is 5.91 Å². The van der Waals surface area contributed by atoms with Gasteiger partial charge in [-0.3, -0.25) is 9.59 Å². The van der Waals surface area contributed by atoms with E-state index in [1.807, 2.05) is 26.0 Å². The van der Waals surface area contributed by atoms with E-state index in [1.165, 1.54) is 0 Å². The lowest BCUT2D eigenvalue weighted by Crippen LogP contribution is -2.49. The van der Waals surface area contributed by atoms with Crippen LogP contribution in [-0.2, 0) is 4.79 Å². The first-order valence-electron chi connectivity index (χ1n) is 7.93. The first-order chi connectivity index (χ1) is 10.9. The Morgan fingerprint density at radius 3 is 2.61 bits per heavy atom. The monoisotopic (exact) mass is 315 g/mol. The maximum absolute atomic E-state index is 12.8. The quantitative estimate of drug-likeness (QED) is 0.922. The molecule has 1 aromatic heterocycles. The number of furan rings is 1. The zero-order valence-electron chi connectivity index (χ0n) is 13.6. The molecule has 1 aliphatic rings. The van der Waals surface area contributed by atoms with Crippen molar-refractivity contribution in [1.29, 1.82) is 0 Å². The number of carboxylic acid groups (broad SMARTS) is 1. The number of carboxylic acids is 1. The van der Waals surface area contributed by atoms with E-state index in [9.17, 15) is 14.7 Å². The number of nitrogens with zero attached hydrogens (tertiary/aromatic N) is 1. The third-order valence-corrected chi connectivity index (χ3v) is 4.91. The number of aliphatic carboxylic acids is 1. The van der Waals surface area contributed by atoms with E-state index >= 15 is 0 Å². The summed E-state index contributed by atoms with van der Waals surface area (Å²) in [7, 11) is 0. The van der Waals surface area contributed by atoms with Crippen molar-refractivity contribution in [3.05, 3.63) is 35.1 Å². The van der Waals surface area contributed by atoms with Crippen LogP contribution in [0.25, 0.3) is 11.0 Å². The third-order valence-electron chi connectivity index (χ3n) is 4.91. The standard InChI is InChI=1S/C18H21NO4/c1-10-7-13-9-16(23-15(13)8-11(10)2)17(20)19-6-4-5-14(12(19)3)18(21)22/h7-9,12,14H,4-6H2,1-3H3,(H,21,22)/t12-,14-/m1/s1. The van der Waals surface area contributed by atoms with Crippen molar-refractivity contribution >= 4 is 22.8 Å². The number of carbonyl (C=O) groups is 2. The molecule has 5 nitrogen and oxygen atoms in total. The van der Waals surface area contributed by atoms with E-state index in [0.717, 1.165) is 16.5 Å². The average molecular weight is 315 g/mol. The molecular weight excluding hydrogens is 294 g/mol. The Kier molecular flexibility index (Phi) is 3.88. The second-order valence-corrected chi connectivity index (χ2v) is 6.41. The molecule has 1 aliphatic heterocycles. The number of benzene rings is 1. The van der Waals surface area contributed by atoms with Gasteiger partial charge in [0, 0.05) is 18.0 Å². The highest BCUT2D eigenvalue weighted by atomic mass is 16.4. The van der Waals surface area contributed by atoms with Crippen LogP contribution in [0.2, 0.25) is 0 Å². The Hall–Kier alpha value is -2.30. The first-order valence-corrected chi connectivity index (χ1v) is 7.93. The summed E-state index contributed by atoms with van der Waals surface area (Å²) in [5.74, 6) is -1.30. The molecule has 3 rings (SSSR count). The summed E-state index contributed by atoms with van der Waals surface area (Å²) in [6.07, 6.45) is 1.31. The summed E-state index contributed by atoms with van der Waals surface area (Å²) in [4.78, 5) is 25.7.